The van der Waals surface area contributed by atoms with Crippen molar-refractivity contribution in [3.63, 3.8) is 0 Å². The zero-order valence-electron chi connectivity index (χ0n) is 10.9. The van der Waals surface area contributed by atoms with E-state index in [0.29, 0.717) is 6.07 Å². The average molecular weight is 303 g/mol. The van der Waals surface area contributed by atoms with Crippen LogP contribution in [-0.2, 0) is 9.59 Å². The number of carbonyl (C=O) groups is 2. The highest BCUT2D eigenvalue weighted by Crippen LogP contribution is 2.34. The first-order valence-electron chi connectivity index (χ1n) is 6.07. The summed E-state index contributed by atoms with van der Waals surface area (Å²) in [5.74, 6) is -2.94. The van der Waals surface area contributed by atoms with Gasteiger partial charge in [-0.25, -0.2) is 8.78 Å². The van der Waals surface area contributed by atoms with E-state index in [0.717, 1.165) is 11.0 Å². The van der Waals surface area contributed by atoms with Gasteiger partial charge in [0, 0.05) is 6.07 Å². The fraction of sp³-hybridized carbons (Fsp3) is 0.385. The summed E-state index contributed by atoms with van der Waals surface area (Å²) in [7, 11) is 0. The number of hydrogen-bond donors (Lipinski definition) is 1. The Labute approximate surface area is 119 Å². The molecule has 1 atom stereocenters. The van der Waals surface area contributed by atoms with Crippen LogP contribution in [0.5, 0.6) is 0 Å². The molecule has 1 N–H and O–H groups in total. The van der Waals surface area contributed by atoms with E-state index in [1.165, 1.54) is 0 Å². The Morgan fingerprint density at radius 2 is 2.00 bits per heavy atom. The lowest BCUT2D eigenvalue weighted by atomic mass is 9.98. The molecule has 1 aromatic carbocycles. The van der Waals surface area contributed by atoms with Crippen LogP contribution in [0.1, 0.15) is 13.8 Å². The van der Waals surface area contributed by atoms with Gasteiger partial charge in [0.25, 0.3) is 0 Å². The highest BCUT2D eigenvalue weighted by Gasteiger charge is 2.39. The Bertz CT molecular complexity index is 554. The summed E-state index contributed by atoms with van der Waals surface area (Å²) < 4.78 is 27.1. The average Bonchev–Trinajstić information content (AvgIpc) is 2.31. The number of nitrogens with zero attached hydrogens (tertiary/aromatic N) is 1. The monoisotopic (exact) mass is 302 g/mol. The van der Waals surface area contributed by atoms with Crippen LogP contribution in [0.15, 0.2) is 12.1 Å². The van der Waals surface area contributed by atoms with Crippen LogP contribution in [0.3, 0.4) is 0 Å². The molecule has 2 rings (SSSR count). The Morgan fingerprint density at radius 1 is 1.35 bits per heavy atom. The molecule has 0 radical (unpaired) electrons. The van der Waals surface area contributed by atoms with Crippen molar-refractivity contribution in [3.8, 4) is 0 Å². The number of carbonyl (C=O) groups excluding carboxylic acids is 2. The maximum atomic E-state index is 14.0. The molecule has 1 heterocycles. The minimum atomic E-state index is -0.969. The third kappa shape index (κ3) is 2.47. The van der Waals surface area contributed by atoms with Crippen molar-refractivity contribution in [2.75, 3.05) is 11.4 Å². The van der Waals surface area contributed by atoms with Crippen LogP contribution >= 0.6 is 11.6 Å². The summed E-state index contributed by atoms with van der Waals surface area (Å²) in [6.07, 6.45) is 0. The lowest BCUT2D eigenvalue weighted by Gasteiger charge is -2.37. The van der Waals surface area contributed by atoms with Crippen LogP contribution in [0.25, 0.3) is 0 Å². The minimum absolute atomic E-state index is 0.240. The molecule has 20 heavy (non-hydrogen) atoms. The van der Waals surface area contributed by atoms with Crippen LogP contribution in [-0.4, -0.2) is 24.4 Å². The molecular formula is C13H13ClF2N2O2. The zero-order chi connectivity index (χ0) is 15.0. The molecular weight excluding hydrogens is 290 g/mol. The number of halogens is 3. The first-order valence-corrected chi connectivity index (χ1v) is 6.45. The maximum Gasteiger partial charge on any atom is 0.247 e. The van der Waals surface area contributed by atoms with Crippen molar-refractivity contribution in [2.45, 2.75) is 19.9 Å². The second-order valence-electron chi connectivity index (χ2n) is 4.89. The molecule has 1 aliphatic rings. The zero-order valence-corrected chi connectivity index (χ0v) is 11.7. The maximum absolute atomic E-state index is 14.0. The molecule has 1 aromatic rings. The van der Waals surface area contributed by atoms with E-state index in [-0.39, 0.29) is 29.1 Å². The van der Waals surface area contributed by atoms with Gasteiger partial charge in [0.2, 0.25) is 11.8 Å². The third-order valence-electron chi connectivity index (χ3n) is 3.08. The molecule has 0 aromatic heterocycles. The minimum Gasteiger partial charge on any atom is -0.345 e. The summed E-state index contributed by atoms with van der Waals surface area (Å²) in [5.41, 5.74) is -0.258. The summed E-state index contributed by atoms with van der Waals surface area (Å²) in [5, 5.41) is 2.20. The van der Waals surface area contributed by atoms with Gasteiger partial charge in [-0.3, -0.25) is 14.5 Å². The number of rotatable bonds is 2. The fourth-order valence-electron chi connectivity index (χ4n) is 2.25. The van der Waals surface area contributed by atoms with Crippen molar-refractivity contribution < 1.29 is 18.4 Å². The second kappa shape index (κ2) is 5.36. The fourth-order valence-corrected chi connectivity index (χ4v) is 2.54. The van der Waals surface area contributed by atoms with Gasteiger partial charge in [0.05, 0.1) is 17.3 Å². The normalized spacial score (nSPS) is 19.5. The Morgan fingerprint density at radius 3 is 2.55 bits per heavy atom. The van der Waals surface area contributed by atoms with Crippen LogP contribution in [0.2, 0.25) is 5.02 Å². The Kier molecular flexibility index (Phi) is 3.94. The predicted octanol–water partition coefficient (Wildman–Crippen LogP) is 2.11. The Hall–Kier alpha value is -1.69. The van der Waals surface area contributed by atoms with Gasteiger partial charge in [0.1, 0.15) is 11.9 Å². The van der Waals surface area contributed by atoms with E-state index in [2.05, 4.69) is 5.32 Å². The lowest BCUT2D eigenvalue weighted by Crippen LogP contribution is -2.60. The van der Waals surface area contributed by atoms with E-state index >= 15 is 0 Å². The van der Waals surface area contributed by atoms with E-state index in [4.69, 9.17) is 11.6 Å². The number of anilines is 1. The predicted molar refractivity (Wildman–Crippen MR) is 70.5 cm³/mol. The molecule has 0 saturated carbocycles. The number of piperazine rings is 1. The summed E-state index contributed by atoms with van der Waals surface area (Å²) in [4.78, 5) is 25.0. The topological polar surface area (TPSA) is 49.4 Å². The number of nitrogens with one attached hydrogen (secondary N) is 1. The van der Waals surface area contributed by atoms with Crippen molar-refractivity contribution in [3.05, 3.63) is 28.8 Å². The van der Waals surface area contributed by atoms with E-state index in [9.17, 15) is 18.4 Å². The summed E-state index contributed by atoms with van der Waals surface area (Å²) in [6, 6.07) is 0.670. The van der Waals surface area contributed by atoms with Crippen molar-refractivity contribution >= 4 is 29.1 Å². The number of hydrogen-bond acceptors (Lipinski definition) is 2. The SMILES string of the molecule is CC(C)C1C(=O)NCC(=O)N1c1c(F)cc(F)cc1Cl. The molecule has 1 saturated heterocycles. The number of benzene rings is 1. The van der Waals surface area contributed by atoms with Gasteiger partial charge in [-0.1, -0.05) is 25.4 Å². The van der Waals surface area contributed by atoms with Gasteiger partial charge < -0.3 is 5.32 Å². The first kappa shape index (κ1) is 14.7. The highest BCUT2D eigenvalue weighted by atomic mass is 35.5. The molecule has 7 heteroatoms. The van der Waals surface area contributed by atoms with Crippen LogP contribution in [0.4, 0.5) is 14.5 Å². The molecule has 0 spiro atoms. The molecule has 1 aliphatic heterocycles. The third-order valence-corrected chi connectivity index (χ3v) is 3.37. The van der Waals surface area contributed by atoms with Gasteiger partial charge >= 0.3 is 0 Å². The van der Waals surface area contributed by atoms with Crippen LogP contribution in [0, 0.1) is 17.6 Å². The van der Waals surface area contributed by atoms with Gasteiger partial charge in [-0.2, -0.15) is 0 Å². The van der Waals surface area contributed by atoms with Crippen molar-refractivity contribution in [1.82, 2.24) is 5.32 Å². The van der Waals surface area contributed by atoms with E-state index < -0.39 is 23.6 Å². The largest absolute Gasteiger partial charge is 0.345 e. The van der Waals surface area contributed by atoms with Crippen LogP contribution < -0.4 is 10.2 Å². The highest BCUT2D eigenvalue weighted by molar-refractivity contribution is 6.34. The summed E-state index contributed by atoms with van der Waals surface area (Å²) >= 11 is 5.85. The number of amides is 2. The molecule has 108 valence electrons. The van der Waals surface area contributed by atoms with Crippen molar-refractivity contribution in [1.29, 1.82) is 0 Å². The van der Waals surface area contributed by atoms with E-state index in [1.54, 1.807) is 13.8 Å². The molecule has 0 bridgehead atoms. The van der Waals surface area contributed by atoms with Gasteiger partial charge in [-0.15, -0.1) is 0 Å². The van der Waals surface area contributed by atoms with Crippen molar-refractivity contribution in [2.24, 2.45) is 5.92 Å². The molecule has 1 fully saturated rings. The Balaban J connectivity index is 2.57. The standard InChI is InChI=1S/C13H13ClF2N2O2/c1-6(2)11-13(20)17-5-10(19)18(11)12-8(14)3-7(15)4-9(12)16/h3-4,6,11H,5H2,1-2H3,(H,17,20). The van der Waals surface area contributed by atoms with Gasteiger partial charge in [-0.05, 0) is 12.0 Å². The van der Waals surface area contributed by atoms with Gasteiger partial charge in [0.15, 0.2) is 5.82 Å². The second-order valence-corrected chi connectivity index (χ2v) is 5.30. The quantitative estimate of drug-likeness (QED) is 0.909. The lowest BCUT2D eigenvalue weighted by molar-refractivity contribution is -0.131. The molecule has 2 amide bonds. The molecule has 1 unspecified atom stereocenters. The molecule has 4 nitrogen and oxygen atoms in total. The smallest absolute Gasteiger partial charge is 0.247 e. The molecule has 0 aliphatic carbocycles. The van der Waals surface area contributed by atoms with E-state index in [1.807, 2.05) is 0 Å². The summed E-state index contributed by atoms with van der Waals surface area (Å²) in [6.45, 7) is 3.21. The first-order chi connectivity index (χ1) is 9.32.